The van der Waals surface area contributed by atoms with E-state index < -0.39 is 5.97 Å². The number of para-hydroxylation sites is 1. The van der Waals surface area contributed by atoms with Gasteiger partial charge in [0.25, 0.3) is 0 Å². The molecular weight excluding hydrogens is 392 g/mol. The van der Waals surface area contributed by atoms with Crippen LogP contribution in [0.5, 0.6) is 5.75 Å². The Morgan fingerprint density at radius 2 is 1.71 bits per heavy atom. The monoisotopic (exact) mass is 412 g/mol. The summed E-state index contributed by atoms with van der Waals surface area (Å²) >= 11 is 0. The van der Waals surface area contributed by atoms with E-state index in [1.165, 1.54) is 6.92 Å². The summed E-state index contributed by atoms with van der Waals surface area (Å²) < 4.78 is 11.3. The molecule has 0 fully saturated rings. The van der Waals surface area contributed by atoms with Crippen LogP contribution >= 0.6 is 0 Å². The van der Waals surface area contributed by atoms with Crippen LogP contribution in [0.1, 0.15) is 23.6 Å². The van der Waals surface area contributed by atoms with Crippen LogP contribution in [0.25, 0.3) is 6.08 Å². The molecule has 6 nitrogen and oxygen atoms in total. The number of carbonyl (C=O) groups is 2. The SMILES string of the molecule is CC(=O)Nc1ccc(C2=N/C(=C\c3ccccc3OCc3ccccc3)C(=O)O2)cc1. The van der Waals surface area contributed by atoms with E-state index in [0.717, 1.165) is 11.1 Å². The van der Waals surface area contributed by atoms with Gasteiger partial charge in [-0.3, -0.25) is 4.79 Å². The molecule has 3 aromatic carbocycles. The molecule has 0 radical (unpaired) electrons. The maximum absolute atomic E-state index is 12.4. The Morgan fingerprint density at radius 1 is 1.00 bits per heavy atom. The zero-order valence-corrected chi connectivity index (χ0v) is 16.9. The Hall–Kier alpha value is -4.19. The van der Waals surface area contributed by atoms with Gasteiger partial charge in [0, 0.05) is 23.7 Å². The molecule has 0 saturated heterocycles. The number of nitrogens with one attached hydrogen (secondary N) is 1. The first-order valence-electron chi connectivity index (χ1n) is 9.75. The number of amides is 1. The summed E-state index contributed by atoms with van der Waals surface area (Å²) in [5.74, 6) is 0.179. The zero-order valence-electron chi connectivity index (χ0n) is 16.9. The van der Waals surface area contributed by atoms with E-state index in [1.807, 2.05) is 54.6 Å². The topological polar surface area (TPSA) is 77.0 Å². The lowest BCUT2D eigenvalue weighted by molar-refractivity contribution is -0.129. The highest BCUT2D eigenvalue weighted by Gasteiger charge is 2.24. The van der Waals surface area contributed by atoms with Crippen LogP contribution < -0.4 is 10.1 Å². The summed E-state index contributed by atoms with van der Waals surface area (Å²) in [7, 11) is 0. The molecule has 0 unspecified atom stereocenters. The molecule has 0 aromatic heterocycles. The number of aliphatic imine (C=N–C) groups is 1. The molecule has 3 aromatic rings. The van der Waals surface area contributed by atoms with Crippen LogP contribution in [0.4, 0.5) is 5.69 Å². The molecule has 31 heavy (non-hydrogen) atoms. The molecule has 4 rings (SSSR count). The number of benzene rings is 3. The molecule has 1 N–H and O–H groups in total. The summed E-state index contributed by atoms with van der Waals surface area (Å²) in [5, 5.41) is 2.69. The van der Waals surface area contributed by atoms with Crippen LogP contribution in [-0.2, 0) is 20.9 Å². The van der Waals surface area contributed by atoms with Gasteiger partial charge >= 0.3 is 5.97 Å². The van der Waals surface area contributed by atoms with Crippen LogP contribution in [0.2, 0.25) is 0 Å². The van der Waals surface area contributed by atoms with E-state index >= 15 is 0 Å². The lowest BCUT2D eigenvalue weighted by Crippen LogP contribution is -2.07. The van der Waals surface area contributed by atoms with Crippen molar-refractivity contribution in [1.82, 2.24) is 0 Å². The van der Waals surface area contributed by atoms with Crippen LogP contribution in [0.3, 0.4) is 0 Å². The molecule has 0 aliphatic carbocycles. The van der Waals surface area contributed by atoms with Crippen molar-refractivity contribution in [1.29, 1.82) is 0 Å². The molecule has 0 atom stereocenters. The average molecular weight is 412 g/mol. The van der Waals surface area contributed by atoms with Crippen molar-refractivity contribution < 1.29 is 19.1 Å². The number of cyclic esters (lactones) is 1. The summed E-state index contributed by atoms with van der Waals surface area (Å²) in [6.07, 6.45) is 1.65. The molecule has 0 spiro atoms. The van der Waals surface area contributed by atoms with Gasteiger partial charge in [-0.15, -0.1) is 0 Å². The van der Waals surface area contributed by atoms with Crippen molar-refractivity contribution in [3.8, 4) is 5.75 Å². The number of hydrogen-bond acceptors (Lipinski definition) is 5. The first-order chi connectivity index (χ1) is 15.1. The molecule has 1 heterocycles. The van der Waals surface area contributed by atoms with Crippen LogP contribution in [-0.4, -0.2) is 17.8 Å². The fourth-order valence-corrected chi connectivity index (χ4v) is 3.05. The minimum absolute atomic E-state index is 0.157. The Bertz CT molecular complexity index is 1170. The summed E-state index contributed by atoms with van der Waals surface area (Å²) in [6.45, 7) is 1.86. The minimum atomic E-state index is -0.529. The minimum Gasteiger partial charge on any atom is -0.488 e. The van der Waals surface area contributed by atoms with E-state index in [1.54, 1.807) is 30.3 Å². The number of hydrogen-bond donors (Lipinski definition) is 1. The Kier molecular flexibility index (Phi) is 5.89. The molecule has 0 bridgehead atoms. The van der Waals surface area contributed by atoms with Crippen molar-refractivity contribution in [3.63, 3.8) is 0 Å². The number of anilines is 1. The van der Waals surface area contributed by atoms with E-state index in [2.05, 4.69) is 10.3 Å². The van der Waals surface area contributed by atoms with Crippen molar-refractivity contribution in [2.75, 3.05) is 5.32 Å². The molecule has 0 saturated carbocycles. The molecule has 1 aliphatic rings. The lowest BCUT2D eigenvalue weighted by atomic mass is 10.1. The Balaban J connectivity index is 1.54. The summed E-state index contributed by atoms with van der Waals surface area (Å²) in [6, 6.07) is 24.2. The van der Waals surface area contributed by atoms with Crippen molar-refractivity contribution in [2.45, 2.75) is 13.5 Å². The third-order valence-corrected chi connectivity index (χ3v) is 4.52. The Morgan fingerprint density at radius 3 is 2.45 bits per heavy atom. The van der Waals surface area contributed by atoms with Gasteiger partial charge in [0.15, 0.2) is 5.70 Å². The zero-order chi connectivity index (χ0) is 21.6. The number of nitrogens with zero attached hydrogens (tertiary/aromatic N) is 1. The normalized spacial score (nSPS) is 14.2. The maximum Gasteiger partial charge on any atom is 0.363 e. The number of ether oxygens (including phenoxy) is 2. The van der Waals surface area contributed by atoms with E-state index in [0.29, 0.717) is 23.6 Å². The second kappa shape index (κ2) is 9.09. The van der Waals surface area contributed by atoms with Gasteiger partial charge in [-0.25, -0.2) is 9.79 Å². The maximum atomic E-state index is 12.4. The number of carbonyl (C=O) groups excluding carboxylic acids is 2. The predicted octanol–water partition coefficient (Wildman–Crippen LogP) is 4.57. The van der Waals surface area contributed by atoms with Gasteiger partial charge in [0.1, 0.15) is 12.4 Å². The van der Waals surface area contributed by atoms with Gasteiger partial charge in [-0.1, -0.05) is 48.5 Å². The second-order valence-electron chi connectivity index (χ2n) is 6.91. The third kappa shape index (κ3) is 5.05. The van der Waals surface area contributed by atoms with E-state index in [9.17, 15) is 9.59 Å². The average Bonchev–Trinajstić information content (AvgIpc) is 3.14. The van der Waals surface area contributed by atoms with Gasteiger partial charge < -0.3 is 14.8 Å². The van der Waals surface area contributed by atoms with Gasteiger partial charge in [0.05, 0.1) is 0 Å². The molecule has 1 amide bonds. The largest absolute Gasteiger partial charge is 0.488 e. The summed E-state index contributed by atoms with van der Waals surface area (Å²) in [4.78, 5) is 27.9. The number of rotatable bonds is 6. The highest BCUT2D eigenvalue weighted by Crippen LogP contribution is 2.25. The van der Waals surface area contributed by atoms with Crippen molar-refractivity contribution in [2.24, 2.45) is 4.99 Å². The predicted molar refractivity (Wildman–Crippen MR) is 119 cm³/mol. The van der Waals surface area contributed by atoms with Crippen molar-refractivity contribution >= 4 is 29.5 Å². The quantitative estimate of drug-likeness (QED) is 0.475. The highest BCUT2D eigenvalue weighted by molar-refractivity contribution is 6.13. The molecule has 6 heteroatoms. The molecule has 154 valence electrons. The van der Waals surface area contributed by atoms with Gasteiger partial charge in [-0.05, 0) is 42.0 Å². The molecule has 1 aliphatic heterocycles. The first-order valence-corrected chi connectivity index (χ1v) is 9.75. The standard InChI is InChI=1S/C25H20N2O4/c1-17(28)26-21-13-11-19(12-14-21)24-27-22(25(29)31-24)15-20-9-5-6-10-23(20)30-16-18-7-3-2-4-8-18/h2-15H,16H2,1H3,(H,26,28)/b22-15-. The Labute approximate surface area is 179 Å². The fourth-order valence-electron chi connectivity index (χ4n) is 3.05. The third-order valence-electron chi connectivity index (χ3n) is 4.52. The fraction of sp³-hybridized carbons (Fsp3) is 0.0800. The first kappa shape index (κ1) is 20.1. The van der Waals surface area contributed by atoms with E-state index in [4.69, 9.17) is 9.47 Å². The van der Waals surface area contributed by atoms with Gasteiger partial charge in [0.2, 0.25) is 11.8 Å². The smallest absolute Gasteiger partial charge is 0.363 e. The summed E-state index contributed by atoms with van der Waals surface area (Å²) in [5.41, 5.74) is 3.27. The highest BCUT2D eigenvalue weighted by atomic mass is 16.6. The lowest BCUT2D eigenvalue weighted by Gasteiger charge is -2.09. The molecular formula is C25H20N2O4. The van der Waals surface area contributed by atoms with Crippen LogP contribution in [0, 0.1) is 0 Å². The van der Waals surface area contributed by atoms with Crippen LogP contribution in [0.15, 0.2) is 89.6 Å². The van der Waals surface area contributed by atoms with Gasteiger partial charge in [-0.2, -0.15) is 0 Å². The van der Waals surface area contributed by atoms with E-state index in [-0.39, 0.29) is 17.5 Å². The number of esters is 1. The second-order valence-corrected chi connectivity index (χ2v) is 6.91. The van der Waals surface area contributed by atoms with Crippen molar-refractivity contribution in [3.05, 3.63) is 101 Å².